The summed E-state index contributed by atoms with van der Waals surface area (Å²) in [4.78, 5) is 2.59. The molecule has 0 radical (unpaired) electrons. The normalized spacial score (nSPS) is 42.0. The molecule has 0 aromatic heterocycles. The summed E-state index contributed by atoms with van der Waals surface area (Å²) >= 11 is 0. The van der Waals surface area contributed by atoms with Crippen molar-refractivity contribution >= 4 is 0 Å². The van der Waals surface area contributed by atoms with Crippen LogP contribution < -0.4 is 11.1 Å². The summed E-state index contributed by atoms with van der Waals surface area (Å²) in [5.41, 5.74) is 6.08. The van der Waals surface area contributed by atoms with E-state index in [0.29, 0.717) is 6.04 Å². The number of hydrogen-bond acceptors (Lipinski definition) is 3. The fraction of sp³-hybridized carbons (Fsp3) is 1.00. The number of fused-ring (bicyclic) bond motifs is 1. The van der Waals surface area contributed by atoms with Crippen LogP contribution in [-0.2, 0) is 0 Å². The Morgan fingerprint density at radius 2 is 2.42 bits per heavy atom. The van der Waals surface area contributed by atoms with E-state index >= 15 is 0 Å². The van der Waals surface area contributed by atoms with Crippen LogP contribution in [0.2, 0.25) is 0 Å². The smallest absolute Gasteiger partial charge is 0.0471 e. The van der Waals surface area contributed by atoms with E-state index in [0.717, 1.165) is 6.54 Å². The van der Waals surface area contributed by atoms with Gasteiger partial charge in [-0.1, -0.05) is 0 Å². The Morgan fingerprint density at radius 3 is 3.08 bits per heavy atom. The third-order valence-corrected chi connectivity index (χ3v) is 3.71. The first-order chi connectivity index (χ1) is 5.82. The van der Waals surface area contributed by atoms with Gasteiger partial charge in [-0.25, -0.2) is 0 Å². The molecular formula is C9H19N3. The number of rotatable bonds is 2. The molecule has 0 amide bonds. The molecule has 0 saturated carbocycles. The highest BCUT2D eigenvalue weighted by Crippen LogP contribution is 2.34. The van der Waals surface area contributed by atoms with Crippen LogP contribution in [0.25, 0.3) is 0 Å². The quantitative estimate of drug-likeness (QED) is 0.600. The molecule has 3 N–H and O–H groups in total. The number of nitrogens with two attached hydrogens (primary N) is 1. The van der Waals surface area contributed by atoms with Gasteiger partial charge in [0.2, 0.25) is 0 Å². The van der Waals surface area contributed by atoms with Gasteiger partial charge in [0.05, 0.1) is 0 Å². The lowest BCUT2D eigenvalue weighted by Crippen LogP contribution is -2.56. The van der Waals surface area contributed by atoms with E-state index in [2.05, 4.69) is 17.3 Å². The first-order valence-electron chi connectivity index (χ1n) is 4.95. The van der Waals surface area contributed by atoms with Crippen LogP contribution in [0.1, 0.15) is 19.3 Å². The van der Waals surface area contributed by atoms with Crippen LogP contribution in [-0.4, -0.2) is 43.2 Å². The monoisotopic (exact) mass is 169 g/mol. The van der Waals surface area contributed by atoms with Crippen LogP contribution in [0, 0.1) is 0 Å². The molecular weight excluding hydrogens is 150 g/mol. The first kappa shape index (κ1) is 8.48. The molecule has 2 aliphatic rings. The highest BCUT2D eigenvalue weighted by molar-refractivity contribution is 5.07. The molecule has 3 heteroatoms. The highest BCUT2D eigenvalue weighted by Gasteiger charge is 2.46. The number of likely N-dealkylation sites (N-methyl/N-ethyl adjacent to an activating group) is 1. The molecule has 2 atom stereocenters. The summed E-state index contributed by atoms with van der Waals surface area (Å²) in [5.74, 6) is 0. The van der Waals surface area contributed by atoms with Crippen LogP contribution in [0.5, 0.6) is 0 Å². The van der Waals surface area contributed by atoms with Crippen LogP contribution in [0.4, 0.5) is 0 Å². The van der Waals surface area contributed by atoms with Gasteiger partial charge in [0.1, 0.15) is 0 Å². The van der Waals surface area contributed by atoms with Crippen molar-refractivity contribution in [3.05, 3.63) is 0 Å². The predicted octanol–water partition coefficient (Wildman–Crippen LogP) is -0.229. The maximum Gasteiger partial charge on any atom is 0.0471 e. The van der Waals surface area contributed by atoms with E-state index in [9.17, 15) is 0 Å². The lowest BCUT2D eigenvalue weighted by Gasteiger charge is -2.33. The molecule has 0 aliphatic carbocycles. The molecule has 3 nitrogen and oxygen atoms in total. The third-order valence-electron chi connectivity index (χ3n) is 3.71. The zero-order chi connectivity index (χ0) is 8.60. The Kier molecular flexibility index (Phi) is 2.10. The fourth-order valence-corrected chi connectivity index (χ4v) is 2.86. The lowest BCUT2D eigenvalue weighted by atomic mass is 9.89. The second-order valence-corrected chi connectivity index (χ2v) is 4.05. The van der Waals surface area contributed by atoms with Gasteiger partial charge < -0.3 is 11.1 Å². The van der Waals surface area contributed by atoms with Crippen molar-refractivity contribution in [3.63, 3.8) is 0 Å². The summed E-state index contributed by atoms with van der Waals surface area (Å²) < 4.78 is 0. The number of nitrogens with zero attached hydrogens (tertiary/aromatic N) is 1. The molecule has 12 heavy (non-hydrogen) atoms. The molecule has 70 valence electrons. The predicted molar refractivity (Wildman–Crippen MR) is 50.1 cm³/mol. The molecule has 0 aromatic carbocycles. The van der Waals surface area contributed by atoms with Crippen molar-refractivity contribution in [3.8, 4) is 0 Å². The van der Waals surface area contributed by atoms with Crippen molar-refractivity contribution in [2.75, 3.05) is 26.7 Å². The standard InChI is InChI=1S/C9H19N3/c1-11-9(7-10)4-6-12-5-2-3-8(9)12/h8,11H,2-7,10H2,1H3. The summed E-state index contributed by atoms with van der Waals surface area (Å²) in [7, 11) is 2.05. The molecule has 2 unspecified atom stereocenters. The molecule has 0 spiro atoms. The van der Waals surface area contributed by atoms with E-state index in [1.807, 2.05) is 0 Å². The van der Waals surface area contributed by atoms with Gasteiger partial charge in [0.25, 0.3) is 0 Å². The van der Waals surface area contributed by atoms with E-state index < -0.39 is 0 Å². The van der Waals surface area contributed by atoms with Gasteiger partial charge in [-0.3, -0.25) is 4.90 Å². The van der Waals surface area contributed by atoms with Crippen molar-refractivity contribution < 1.29 is 0 Å². The highest BCUT2D eigenvalue weighted by atomic mass is 15.3. The Labute approximate surface area is 74.3 Å². The summed E-state index contributed by atoms with van der Waals surface area (Å²) in [6.45, 7) is 3.31. The van der Waals surface area contributed by atoms with Crippen LogP contribution >= 0.6 is 0 Å². The summed E-state index contributed by atoms with van der Waals surface area (Å²) in [6.07, 6.45) is 3.91. The summed E-state index contributed by atoms with van der Waals surface area (Å²) in [5, 5.41) is 3.43. The van der Waals surface area contributed by atoms with E-state index in [4.69, 9.17) is 5.73 Å². The zero-order valence-electron chi connectivity index (χ0n) is 7.84. The lowest BCUT2D eigenvalue weighted by molar-refractivity contribution is 0.240. The number of hydrogen-bond donors (Lipinski definition) is 2. The van der Waals surface area contributed by atoms with Gasteiger partial charge in [0.15, 0.2) is 0 Å². The minimum absolute atomic E-state index is 0.233. The molecule has 0 aromatic rings. The summed E-state index contributed by atoms with van der Waals surface area (Å²) in [6, 6.07) is 0.715. The van der Waals surface area contributed by atoms with Gasteiger partial charge in [-0.15, -0.1) is 0 Å². The van der Waals surface area contributed by atoms with Crippen molar-refractivity contribution in [1.29, 1.82) is 0 Å². The van der Waals surface area contributed by atoms with Crippen LogP contribution in [0.3, 0.4) is 0 Å². The van der Waals surface area contributed by atoms with Gasteiger partial charge in [0, 0.05) is 24.7 Å². The second kappa shape index (κ2) is 2.98. The molecule has 2 fully saturated rings. The maximum absolute atomic E-state index is 5.85. The largest absolute Gasteiger partial charge is 0.329 e. The Hall–Kier alpha value is -0.120. The molecule has 2 heterocycles. The minimum atomic E-state index is 0.233. The first-order valence-corrected chi connectivity index (χ1v) is 4.95. The Balaban J connectivity index is 2.15. The van der Waals surface area contributed by atoms with Crippen molar-refractivity contribution in [1.82, 2.24) is 10.2 Å². The average molecular weight is 169 g/mol. The van der Waals surface area contributed by atoms with E-state index in [-0.39, 0.29) is 5.54 Å². The SMILES string of the molecule is CNC1(CN)CCN2CCCC21. The van der Waals surface area contributed by atoms with Gasteiger partial charge in [-0.05, 0) is 32.9 Å². The number of nitrogens with one attached hydrogen (secondary N) is 1. The van der Waals surface area contributed by atoms with Crippen molar-refractivity contribution in [2.24, 2.45) is 5.73 Å². The van der Waals surface area contributed by atoms with E-state index in [1.54, 1.807) is 0 Å². The van der Waals surface area contributed by atoms with Crippen LogP contribution in [0.15, 0.2) is 0 Å². The Morgan fingerprint density at radius 1 is 1.58 bits per heavy atom. The molecule has 0 bridgehead atoms. The second-order valence-electron chi connectivity index (χ2n) is 4.05. The van der Waals surface area contributed by atoms with Gasteiger partial charge >= 0.3 is 0 Å². The molecule has 2 rings (SSSR count). The third kappa shape index (κ3) is 1.00. The molecule has 2 aliphatic heterocycles. The molecule has 2 saturated heterocycles. The van der Waals surface area contributed by atoms with E-state index in [1.165, 1.54) is 32.4 Å². The minimum Gasteiger partial charge on any atom is -0.329 e. The zero-order valence-corrected chi connectivity index (χ0v) is 7.84. The topological polar surface area (TPSA) is 41.3 Å². The maximum atomic E-state index is 5.85. The van der Waals surface area contributed by atoms with Crippen molar-refractivity contribution in [2.45, 2.75) is 30.8 Å². The van der Waals surface area contributed by atoms with Gasteiger partial charge in [-0.2, -0.15) is 0 Å². The Bertz CT molecular complexity index is 165. The average Bonchev–Trinajstić information content (AvgIpc) is 2.64. The fourth-order valence-electron chi connectivity index (χ4n) is 2.86.